The lowest BCUT2D eigenvalue weighted by Gasteiger charge is -2.09. The third kappa shape index (κ3) is 2.31. The Labute approximate surface area is 87.9 Å². The van der Waals surface area contributed by atoms with Crippen molar-refractivity contribution in [3.8, 4) is 0 Å². The third-order valence-electron chi connectivity index (χ3n) is 2.17. The molecule has 1 unspecified atom stereocenters. The van der Waals surface area contributed by atoms with Gasteiger partial charge in [0.25, 0.3) is 0 Å². The number of methoxy groups -OCH3 is 1. The zero-order valence-corrected chi connectivity index (χ0v) is 8.63. The highest BCUT2D eigenvalue weighted by molar-refractivity contribution is 5.36. The van der Waals surface area contributed by atoms with E-state index in [9.17, 15) is 0 Å². The van der Waals surface area contributed by atoms with Crippen LogP contribution in [0.5, 0.6) is 0 Å². The van der Waals surface area contributed by atoms with Crippen LogP contribution in [0.15, 0.2) is 24.5 Å². The summed E-state index contributed by atoms with van der Waals surface area (Å²) in [6.07, 6.45) is 4.33. The Balaban J connectivity index is 2.14. The molecule has 0 aliphatic heterocycles. The number of nitrogens with zero attached hydrogens (tertiary/aromatic N) is 3. The summed E-state index contributed by atoms with van der Waals surface area (Å²) in [5.41, 5.74) is 7.66. The van der Waals surface area contributed by atoms with Crippen LogP contribution in [0.4, 0.5) is 0 Å². The predicted octanol–water partition coefficient (Wildman–Crippen LogP) is 0.245. The minimum absolute atomic E-state index is 0.00660. The van der Waals surface area contributed by atoms with Gasteiger partial charge in [0.15, 0.2) is 5.65 Å². The number of hydrogen-bond donors (Lipinski definition) is 1. The predicted molar refractivity (Wildman–Crippen MR) is 56.5 cm³/mol. The van der Waals surface area contributed by atoms with Crippen LogP contribution >= 0.6 is 0 Å². The van der Waals surface area contributed by atoms with Crippen LogP contribution in [0.1, 0.15) is 5.69 Å². The molecule has 0 aromatic carbocycles. The molecular weight excluding hydrogens is 192 g/mol. The molecule has 0 bridgehead atoms. The van der Waals surface area contributed by atoms with E-state index < -0.39 is 0 Å². The van der Waals surface area contributed by atoms with E-state index in [1.807, 2.05) is 18.3 Å². The van der Waals surface area contributed by atoms with Gasteiger partial charge in [-0.25, -0.2) is 9.50 Å². The monoisotopic (exact) mass is 206 g/mol. The van der Waals surface area contributed by atoms with Gasteiger partial charge in [-0.05, 0) is 6.07 Å². The Morgan fingerprint density at radius 2 is 2.40 bits per heavy atom. The summed E-state index contributed by atoms with van der Waals surface area (Å²) < 4.78 is 6.71. The van der Waals surface area contributed by atoms with E-state index in [0.29, 0.717) is 6.61 Å². The second kappa shape index (κ2) is 4.37. The standard InChI is InChI=1S/C10H14N4O/c1-15-7-8(11)6-9-3-5-14-10(13-9)2-4-12-14/h2-5,8H,6-7,11H2,1H3. The lowest BCUT2D eigenvalue weighted by Crippen LogP contribution is -2.28. The molecule has 0 aliphatic rings. The van der Waals surface area contributed by atoms with Gasteiger partial charge >= 0.3 is 0 Å². The van der Waals surface area contributed by atoms with E-state index >= 15 is 0 Å². The van der Waals surface area contributed by atoms with E-state index in [4.69, 9.17) is 10.5 Å². The van der Waals surface area contributed by atoms with Crippen molar-refractivity contribution in [2.75, 3.05) is 13.7 Å². The Morgan fingerprint density at radius 1 is 1.53 bits per heavy atom. The van der Waals surface area contributed by atoms with Crippen molar-refractivity contribution >= 4 is 5.65 Å². The maximum atomic E-state index is 5.85. The number of aromatic nitrogens is 3. The molecule has 0 aliphatic carbocycles. The number of fused-ring (bicyclic) bond motifs is 1. The van der Waals surface area contributed by atoms with E-state index in [1.165, 1.54) is 0 Å². The molecule has 2 aromatic rings. The second-order valence-corrected chi connectivity index (χ2v) is 3.47. The fourth-order valence-corrected chi connectivity index (χ4v) is 1.51. The normalized spacial score (nSPS) is 13.2. The van der Waals surface area contributed by atoms with Crippen LogP contribution in [0.3, 0.4) is 0 Å². The summed E-state index contributed by atoms with van der Waals surface area (Å²) in [5.74, 6) is 0. The Hall–Kier alpha value is -1.46. The lowest BCUT2D eigenvalue weighted by atomic mass is 10.2. The molecule has 80 valence electrons. The van der Waals surface area contributed by atoms with Crippen molar-refractivity contribution in [2.24, 2.45) is 5.73 Å². The fourth-order valence-electron chi connectivity index (χ4n) is 1.51. The van der Waals surface area contributed by atoms with Gasteiger partial charge in [-0.3, -0.25) is 0 Å². The van der Waals surface area contributed by atoms with Crippen molar-refractivity contribution in [3.63, 3.8) is 0 Å². The molecule has 0 amide bonds. The first-order valence-electron chi connectivity index (χ1n) is 4.83. The minimum Gasteiger partial charge on any atom is -0.383 e. The van der Waals surface area contributed by atoms with Gasteiger partial charge in [0, 0.05) is 37.5 Å². The summed E-state index contributed by atoms with van der Waals surface area (Å²) in [6, 6.07) is 3.79. The van der Waals surface area contributed by atoms with Gasteiger partial charge in [0.05, 0.1) is 12.8 Å². The number of rotatable bonds is 4. The Bertz CT molecular complexity index is 440. The summed E-state index contributed by atoms with van der Waals surface area (Å²) in [6.45, 7) is 0.548. The summed E-state index contributed by atoms with van der Waals surface area (Å²) in [4.78, 5) is 4.42. The quantitative estimate of drug-likeness (QED) is 0.778. The SMILES string of the molecule is COCC(N)Cc1ccn2nccc2n1. The number of hydrogen-bond acceptors (Lipinski definition) is 4. The van der Waals surface area contributed by atoms with Crippen molar-refractivity contribution in [2.45, 2.75) is 12.5 Å². The molecule has 0 radical (unpaired) electrons. The zero-order chi connectivity index (χ0) is 10.7. The van der Waals surface area contributed by atoms with Crippen molar-refractivity contribution in [1.82, 2.24) is 14.6 Å². The minimum atomic E-state index is -0.00660. The molecule has 2 N–H and O–H groups in total. The fraction of sp³-hybridized carbons (Fsp3) is 0.400. The summed E-state index contributed by atoms with van der Waals surface area (Å²) in [5, 5.41) is 4.07. The smallest absolute Gasteiger partial charge is 0.155 e. The molecule has 2 rings (SSSR count). The van der Waals surface area contributed by atoms with Crippen molar-refractivity contribution < 1.29 is 4.74 Å². The molecule has 0 saturated carbocycles. The molecule has 0 spiro atoms. The topological polar surface area (TPSA) is 65.4 Å². The zero-order valence-electron chi connectivity index (χ0n) is 8.63. The van der Waals surface area contributed by atoms with Crippen LogP contribution in [0.2, 0.25) is 0 Å². The average Bonchev–Trinajstić information content (AvgIpc) is 2.65. The van der Waals surface area contributed by atoms with Gasteiger partial charge in [-0.1, -0.05) is 0 Å². The first-order valence-corrected chi connectivity index (χ1v) is 4.83. The van der Waals surface area contributed by atoms with Gasteiger partial charge in [-0.15, -0.1) is 0 Å². The van der Waals surface area contributed by atoms with E-state index in [0.717, 1.165) is 17.8 Å². The Kier molecular flexibility index (Phi) is 2.94. The summed E-state index contributed by atoms with van der Waals surface area (Å²) >= 11 is 0. The molecule has 15 heavy (non-hydrogen) atoms. The molecule has 2 heterocycles. The maximum absolute atomic E-state index is 5.85. The first kappa shape index (κ1) is 10.1. The number of nitrogens with two attached hydrogens (primary N) is 1. The van der Waals surface area contributed by atoms with Gasteiger partial charge in [0.1, 0.15) is 0 Å². The highest BCUT2D eigenvalue weighted by Crippen LogP contribution is 2.03. The van der Waals surface area contributed by atoms with Crippen LogP contribution in [-0.4, -0.2) is 34.4 Å². The van der Waals surface area contributed by atoms with Gasteiger partial charge in [-0.2, -0.15) is 5.10 Å². The molecule has 5 heteroatoms. The first-order chi connectivity index (χ1) is 7.29. The van der Waals surface area contributed by atoms with E-state index in [1.54, 1.807) is 17.8 Å². The van der Waals surface area contributed by atoms with Crippen LogP contribution < -0.4 is 5.73 Å². The van der Waals surface area contributed by atoms with Crippen molar-refractivity contribution in [1.29, 1.82) is 0 Å². The molecular formula is C10H14N4O. The largest absolute Gasteiger partial charge is 0.383 e. The Morgan fingerprint density at radius 3 is 3.20 bits per heavy atom. The number of ether oxygens (including phenoxy) is 1. The average molecular weight is 206 g/mol. The third-order valence-corrected chi connectivity index (χ3v) is 2.17. The van der Waals surface area contributed by atoms with Crippen molar-refractivity contribution in [3.05, 3.63) is 30.2 Å². The molecule has 1 atom stereocenters. The molecule has 0 saturated heterocycles. The molecule has 0 fully saturated rings. The van der Waals surface area contributed by atoms with Gasteiger partial charge in [0.2, 0.25) is 0 Å². The molecule has 5 nitrogen and oxygen atoms in total. The van der Waals surface area contributed by atoms with Crippen LogP contribution in [0.25, 0.3) is 5.65 Å². The summed E-state index contributed by atoms with van der Waals surface area (Å²) in [7, 11) is 1.65. The second-order valence-electron chi connectivity index (χ2n) is 3.47. The van der Waals surface area contributed by atoms with E-state index in [2.05, 4.69) is 10.1 Å². The van der Waals surface area contributed by atoms with Crippen LogP contribution in [0, 0.1) is 0 Å². The van der Waals surface area contributed by atoms with Crippen LogP contribution in [-0.2, 0) is 11.2 Å². The highest BCUT2D eigenvalue weighted by Gasteiger charge is 2.05. The lowest BCUT2D eigenvalue weighted by molar-refractivity contribution is 0.179. The van der Waals surface area contributed by atoms with E-state index in [-0.39, 0.29) is 6.04 Å². The molecule has 2 aromatic heterocycles. The maximum Gasteiger partial charge on any atom is 0.155 e. The van der Waals surface area contributed by atoms with Gasteiger partial charge < -0.3 is 10.5 Å². The highest BCUT2D eigenvalue weighted by atomic mass is 16.5.